The zero-order chi connectivity index (χ0) is 11.9. The Hall–Kier alpha value is -0.803. The summed E-state index contributed by atoms with van der Waals surface area (Å²) in [6, 6.07) is 7.88. The summed E-state index contributed by atoms with van der Waals surface area (Å²) in [6.07, 6.45) is 0. The first-order chi connectivity index (χ1) is 7.41. The second kappa shape index (κ2) is 3.89. The van der Waals surface area contributed by atoms with Gasteiger partial charge in [-0.25, -0.2) is 0 Å². The van der Waals surface area contributed by atoms with Crippen LogP contribution in [0.15, 0.2) is 39.3 Å². The van der Waals surface area contributed by atoms with E-state index in [-0.39, 0.29) is 5.78 Å². The van der Waals surface area contributed by atoms with Crippen molar-refractivity contribution in [2.75, 3.05) is 0 Å². The van der Waals surface area contributed by atoms with Crippen molar-refractivity contribution in [3.63, 3.8) is 0 Å². The van der Waals surface area contributed by atoms with E-state index in [0.29, 0.717) is 0 Å². The third-order valence-corrected chi connectivity index (χ3v) is 6.97. The van der Waals surface area contributed by atoms with Crippen molar-refractivity contribution in [3.8, 4) is 0 Å². The zero-order valence-electron chi connectivity index (χ0n) is 10.1. The number of carbonyl (C=O) groups is 1. The van der Waals surface area contributed by atoms with Gasteiger partial charge in [0, 0.05) is 10.5 Å². The Labute approximate surface area is 102 Å². The summed E-state index contributed by atoms with van der Waals surface area (Å²) in [5.41, 5.74) is 0.875. The average Bonchev–Trinajstić information content (AvgIpc) is 2.54. The lowest BCUT2D eigenvalue weighted by Crippen LogP contribution is -2.24. The minimum absolute atomic E-state index is 0.223. The fourth-order valence-corrected chi connectivity index (χ4v) is 4.47. The van der Waals surface area contributed by atoms with Crippen molar-refractivity contribution in [2.24, 2.45) is 0 Å². The van der Waals surface area contributed by atoms with E-state index in [1.165, 1.54) is 5.20 Å². The van der Waals surface area contributed by atoms with Crippen LogP contribution in [-0.4, -0.2) is 13.9 Å². The topological polar surface area (TPSA) is 17.1 Å². The first kappa shape index (κ1) is 11.7. The van der Waals surface area contributed by atoms with Crippen molar-refractivity contribution in [1.82, 2.24) is 0 Å². The molecule has 0 aliphatic carbocycles. The van der Waals surface area contributed by atoms with E-state index >= 15 is 0 Å². The summed E-state index contributed by atoms with van der Waals surface area (Å²) in [5, 5.41) is 1.32. The Morgan fingerprint density at radius 3 is 2.38 bits per heavy atom. The Morgan fingerprint density at radius 2 is 1.81 bits per heavy atom. The van der Waals surface area contributed by atoms with Crippen molar-refractivity contribution < 1.29 is 4.79 Å². The fraction of sp³-hybridized carbons (Fsp3) is 0.308. The van der Waals surface area contributed by atoms with Gasteiger partial charge in [-0.3, -0.25) is 4.79 Å². The molecule has 1 aliphatic heterocycles. The van der Waals surface area contributed by atoms with Crippen molar-refractivity contribution in [2.45, 2.75) is 31.5 Å². The predicted octanol–water partition coefficient (Wildman–Crippen LogP) is 4.13. The average molecular weight is 248 g/mol. The smallest absolute Gasteiger partial charge is 0.200 e. The van der Waals surface area contributed by atoms with Gasteiger partial charge in [-0.05, 0) is 19.1 Å². The molecule has 1 aromatic rings. The maximum Gasteiger partial charge on any atom is 0.200 e. The number of rotatable bonds is 1. The van der Waals surface area contributed by atoms with Gasteiger partial charge in [0.05, 0.1) is 13.0 Å². The summed E-state index contributed by atoms with van der Waals surface area (Å²) >= 11 is 1.64. The van der Waals surface area contributed by atoms with Crippen LogP contribution in [0.4, 0.5) is 0 Å². The maximum absolute atomic E-state index is 12.2. The highest BCUT2D eigenvalue weighted by Crippen LogP contribution is 2.42. The van der Waals surface area contributed by atoms with E-state index in [4.69, 9.17) is 0 Å². The Morgan fingerprint density at radius 1 is 1.19 bits per heavy atom. The Balaban J connectivity index is 2.50. The quantitative estimate of drug-likeness (QED) is 0.549. The Kier molecular flexibility index (Phi) is 2.84. The van der Waals surface area contributed by atoms with E-state index in [1.807, 2.05) is 24.3 Å². The molecule has 0 amide bonds. The van der Waals surface area contributed by atoms with Crippen LogP contribution >= 0.6 is 11.8 Å². The molecule has 0 fully saturated rings. The standard InChI is InChI=1S/C13H16OSSi/c1-9(16(2,3)4)13-12(14)10-7-5-6-8-11(10)15-13/h5-8H,1-4H3/b13-9-. The van der Waals surface area contributed by atoms with E-state index in [1.54, 1.807) is 11.8 Å². The van der Waals surface area contributed by atoms with Crippen LogP contribution in [0.25, 0.3) is 0 Å². The molecule has 84 valence electrons. The van der Waals surface area contributed by atoms with Gasteiger partial charge in [-0.15, -0.1) is 0 Å². The predicted molar refractivity (Wildman–Crippen MR) is 72.7 cm³/mol. The maximum atomic E-state index is 12.2. The van der Waals surface area contributed by atoms with Gasteiger partial charge in [0.15, 0.2) is 5.78 Å². The van der Waals surface area contributed by atoms with Gasteiger partial charge in [0.2, 0.25) is 0 Å². The van der Waals surface area contributed by atoms with E-state index in [2.05, 4.69) is 26.6 Å². The molecule has 16 heavy (non-hydrogen) atoms. The number of allylic oxidation sites excluding steroid dienone is 2. The van der Waals surface area contributed by atoms with Crippen molar-refractivity contribution in [3.05, 3.63) is 39.9 Å². The summed E-state index contributed by atoms with van der Waals surface area (Å²) < 4.78 is 0. The van der Waals surface area contributed by atoms with Crippen molar-refractivity contribution >= 4 is 25.6 Å². The second-order valence-corrected chi connectivity index (χ2v) is 11.4. The lowest BCUT2D eigenvalue weighted by Gasteiger charge is -2.18. The zero-order valence-corrected chi connectivity index (χ0v) is 11.9. The number of benzene rings is 1. The number of ketones is 1. The monoisotopic (exact) mass is 248 g/mol. The van der Waals surface area contributed by atoms with Crippen LogP contribution in [0.3, 0.4) is 0 Å². The lowest BCUT2D eigenvalue weighted by atomic mass is 10.1. The molecule has 1 aromatic carbocycles. The largest absolute Gasteiger partial charge is 0.288 e. The second-order valence-electron chi connectivity index (χ2n) is 5.13. The highest BCUT2D eigenvalue weighted by atomic mass is 32.2. The third kappa shape index (κ3) is 1.89. The molecule has 0 radical (unpaired) electrons. The van der Waals surface area contributed by atoms with Crippen LogP contribution in [0.5, 0.6) is 0 Å². The summed E-state index contributed by atoms with van der Waals surface area (Å²) in [6.45, 7) is 8.98. The van der Waals surface area contributed by atoms with Gasteiger partial charge in [0.25, 0.3) is 0 Å². The minimum Gasteiger partial charge on any atom is -0.288 e. The third-order valence-electron chi connectivity index (χ3n) is 3.02. The molecule has 1 nitrogen and oxygen atoms in total. The van der Waals surface area contributed by atoms with Gasteiger partial charge >= 0.3 is 0 Å². The highest BCUT2D eigenvalue weighted by molar-refractivity contribution is 8.04. The van der Waals surface area contributed by atoms with Crippen LogP contribution in [0, 0.1) is 0 Å². The van der Waals surface area contributed by atoms with Crippen LogP contribution in [0.2, 0.25) is 19.6 Å². The van der Waals surface area contributed by atoms with Crippen LogP contribution < -0.4 is 0 Å². The van der Waals surface area contributed by atoms with E-state index < -0.39 is 8.07 Å². The lowest BCUT2D eigenvalue weighted by molar-refractivity contribution is 0.104. The number of hydrogen-bond donors (Lipinski definition) is 0. The molecule has 0 saturated carbocycles. The molecular formula is C13H16OSSi. The van der Waals surface area contributed by atoms with Crippen LogP contribution in [-0.2, 0) is 0 Å². The van der Waals surface area contributed by atoms with Gasteiger partial charge in [-0.1, -0.05) is 48.7 Å². The summed E-state index contributed by atoms with van der Waals surface area (Å²) in [7, 11) is -1.37. The number of hydrogen-bond acceptors (Lipinski definition) is 2. The molecule has 0 aromatic heterocycles. The molecule has 0 unspecified atom stereocenters. The van der Waals surface area contributed by atoms with Crippen LogP contribution in [0.1, 0.15) is 17.3 Å². The van der Waals surface area contributed by atoms with Gasteiger partial charge in [-0.2, -0.15) is 0 Å². The number of Topliss-reactive ketones (excluding diaryl/α,β-unsaturated/α-hetero) is 1. The van der Waals surface area contributed by atoms with Gasteiger partial charge in [0.1, 0.15) is 0 Å². The Bertz CT molecular complexity index is 483. The van der Waals surface area contributed by atoms with E-state index in [0.717, 1.165) is 15.4 Å². The highest BCUT2D eigenvalue weighted by Gasteiger charge is 2.30. The molecule has 3 heteroatoms. The summed E-state index contributed by atoms with van der Waals surface area (Å²) in [4.78, 5) is 14.3. The molecule has 1 heterocycles. The number of fused-ring (bicyclic) bond motifs is 1. The molecule has 0 spiro atoms. The normalized spacial score (nSPS) is 18.6. The first-order valence-corrected chi connectivity index (χ1v) is 9.76. The molecule has 0 bridgehead atoms. The first-order valence-electron chi connectivity index (χ1n) is 5.44. The number of thioether (sulfide) groups is 1. The number of carbonyl (C=O) groups excluding carboxylic acids is 1. The van der Waals surface area contributed by atoms with E-state index in [9.17, 15) is 4.79 Å². The van der Waals surface area contributed by atoms with Crippen molar-refractivity contribution in [1.29, 1.82) is 0 Å². The molecule has 0 atom stereocenters. The minimum atomic E-state index is -1.37. The molecule has 2 rings (SSSR count). The SMILES string of the molecule is C/C(=C1/Sc2ccccc2C1=O)[Si](C)(C)C. The molecule has 1 aliphatic rings. The molecular weight excluding hydrogens is 232 g/mol. The molecule has 0 saturated heterocycles. The van der Waals surface area contributed by atoms with Gasteiger partial charge < -0.3 is 0 Å². The summed E-state index contributed by atoms with van der Waals surface area (Å²) in [5.74, 6) is 0.223. The fourth-order valence-electron chi connectivity index (χ4n) is 1.61. The molecule has 0 N–H and O–H groups in total.